The lowest BCUT2D eigenvalue weighted by Crippen LogP contribution is -3.15. The fourth-order valence-corrected chi connectivity index (χ4v) is 4.25. The van der Waals surface area contributed by atoms with Gasteiger partial charge in [-0.2, -0.15) is 0 Å². The van der Waals surface area contributed by atoms with Crippen molar-refractivity contribution in [1.29, 1.82) is 0 Å². The zero-order valence-corrected chi connectivity index (χ0v) is 17.7. The Bertz CT molecular complexity index is 830. The summed E-state index contributed by atoms with van der Waals surface area (Å²) in [4.78, 5) is 18.8. The lowest BCUT2D eigenvalue weighted by molar-refractivity contribution is -0.892. The summed E-state index contributed by atoms with van der Waals surface area (Å²) < 4.78 is 5.23. The van der Waals surface area contributed by atoms with Crippen LogP contribution >= 0.6 is 11.6 Å². The van der Waals surface area contributed by atoms with Gasteiger partial charge in [-0.1, -0.05) is 35.9 Å². The van der Waals surface area contributed by atoms with Crippen LogP contribution in [0.25, 0.3) is 0 Å². The van der Waals surface area contributed by atoms with E-state index in [0.29, 0.717) is 19.1 Å². The molecule has 1 heterocycles. The third-order valence-corrected chi connectivity index (χ3v) is 6.20. The first kappa shape index (κ1) is 20.0. The second-order valence-corrected chi connectivity index (χ2v) is 8.37. The van der Waals surface area contributed by atoms with E-state index in [1.54, 1.807) is 7.11 Å². The Morgan fingerprint density at radius 1 is 1.14 bits per heavy atom. The molecule has 2 aliphatic rings. The largest absolute Gasteiger partial charge is 0.497 e. The number of carbonyl (C=O) groups excluding carboxylic acids is 1. The molecule has 0 atom stereocenters. The van der Waals surface area contributed by atoms with Crippen LogP contribution in [0.5, 0.6) is 5.75 Å². The summed E-state index contributed by atoms with van der Waals surface area (Å²) in [6.45, 7) is 5.02. The average Bonchev–Trinajstić information content (AvgIpc) is 3.58. The number of piperazine rings is 1. The molecule has 1 aliphatic heterocycles. The Labute approximate surface area is 177 Å². The number of carbonyl (C=O) groups is 1. The fourth-order valence-electron chi connectivity index (χ4n) is 4.00. The van der Waals surface area contributed by atoms with Gasteiger partial charge in [0.2, 0.25) is 0 Å². The fraction of sp³-hybridized carbons (Fsp3) is 0.435. The first-order valence-corrected chi connectivity index (χ1v) is 10.8. The molecule has 5 nitrogen and oxygen atoms in total. The molecule has 0 unspecified atom stereocenters. The number of quaternary nitrogens is 1. The van der Waals surface area contributed by atoms with Gasteiger partial charge in [-0.3, -0.25) is 4.79 Å². The molecular formula is C23H29ClN3O2+. The topological polar surface area (TPSA) is 37.2 Å². The minimum absolute atomic E-state index is 0.268. The minimum Gasteiger partial charge on any atom is -0.497 e. The van der Waals surface area contributed by atoms with Gasteiger partial charge in [-0.25, -0.2) is 0 Å². The molecule has 0 spiro atoms. The summed E-state index contributed by atoms with van der Waals surface area (Å²) in [7, 11) is 1.67. The van der Waals surface area contributed by atoms with E-state index in [9.17, 15) is 4.79 Å². The van der Waals surface area contributed by atoms with Gasteiger partial charge in [-0.05, 0) is 42.7 Å². The molecule has 1 amide bonds. The smallest absolute Gasteiger partial charge is 0.278 e. The highest BCUT2D eigenvalue weighted by Gasteiger charge is 2.34. The number of ether oxygens (including phenoxy) is 1. The van der Waals surface area contributed by atoms with Crippen molar-refractivity contribution in [2.75, 3.05) is 44.7 Å². The number of rotatable bonds is 7. The molecule has 0 aromatic heterocycles. The first-order valence-electron chi connectivity index (χ1n) is 10.4. The molecule has 2 aromatic rings. The molecule has 6 heteroatoms. The van der Waals surface area contributed by atoms with E-state index in [4.69, 9.17) is 16.3 Å². The number of hydrogen-bond acceptors (Lipinski definition) is 3. The summed E-state index contributed by atoms with van der Waals surface area (Å²) in [5.74, 6) is 1.11. The molecule has 1 saturated heterocycles. The van der Waals surface area contributed by atoms with Crippen LogP contribution in [-0.2, 0) is 11.3 Å². The van der Waals surface area contributed by atoms with E-state index in [0.717, 1.165) is 61.0 Å². The molecule has 1 saturated carbocycles. The predicted octanol–water partition coefficient (Wildman–Crippen LogP) is 2.24. The van der Waals surface area contributed by atoms with Gasteiger partial charge >= 0.3 is 0 Å². The number of nitrogens with one attached hydrogen (secondary N) is 1. The second kappa shape index (κ2) is 9.06. The van der Waals surface area contributed by atoms with E-state index >= 15 is 0 Å². The van der Waals surface area contributed by atoms with Crippen molar-refractivity contribution in [2.24, 2.45) is 0 Å². The summed E-state index contributed by atoms with van der Waals surface area (Å²) in [5, 5.41) is 0.798. The third-order valence-electron chi connectivity index (χ3n) is 5.88. The van der Waals surface area contributed by atoms with Gasteiger partial charge in [0.15, 0.2) is 6.54 Å². The molecule has 29 heavy (non-hydrogen) atoms. The van der Waals surface area contributed by atoms with Crippen molar-refractivity contribution >= 4 is 23.2 Å². The zero-order chi connectivity index (χ0) is 20.2. The molecule has 0 bridgehead atoms. The van der Waals surface area contributed by atoms with Gasteiger partial charge < -0.3 is 19.4 Å². The van der Waals surface area contributed by atoms with E-state index in [-0.39, 0.29) is 5.91 Å². The maximum Gasteiger partial charge on any atom is 0.278 e. The lowest BCUT2D eigenvalue weighted by Gasteiger charge is -2.34. The predicted molar refractivity (Wildman–Crippen MR) is 116 cm³/mol. The maximum absolute atomic E-state index is 13.1. The van der Waals surface area contributed by atoms with E-state index < -0.39 is 0 Å². The van der Waals surface area contributed by atoms with E-state index in [1.165, 1.54) is 4.90 Å². The van der Waals surface area contributed by atoms with Crippen LogP contribution < -0.4 is 14.5 Å². The first-order chi connectivity index (χ1) is 14.1. The van der Waals surface area contributed by atoms with Gasteiger partial charge in [0.1, 0.15) is 5.75 Å². The molecule has 2 fully saturated rings. The highest BCUT2D eigenvalue weighted by Crippen LogP contribution is 2.29. The third kappa shape index (κ3) is 5.03. The van der Waals surface area contributed by atoms with Crippen LogP contribution in [0.1, 0.15) is 18.4 Å². The minimum atomic E-state index is 0.268. The van der Waals surface area contributed by atoms with Crippen molar-refractivity contribution in [3.05, 3.63) is 59.1 Å². The van der Waals surface area contributed by atoms with Crippen LogP contribution in [-0.4, -0.2) is 56.7 Å². The number of anilines is 1. The van der Waals surface area contributed by atoms with E-state index in [1.807, 2.05) is 30.3 Å². The van der Waals surface area contributed by atoms with Crippen molar-refractivity contribution in [1.82, 2.24) is 4.90 Å². The standard InChI is InChI=1S/C23H28ClN3O2/c1-29-20-10-6-18(7-11-20)16-27(19-8-9-19)23(28)17-25-12-14-26(15-13-25)22-5-3-2-4-21(22)24/h2-7,10-11,19H,8-9,12-17H2,1H3/p+1. The van der Waals surface area contributed by atoms with Crippen molar-refractivity contribution in [2.45, 2.75) is 25.4 Å². The van der Waals surface area contributed by atoms with Crippen LogP contribution in [0, 0.1) is 0 Å². The van der Waals surface area contributed by atoms with Crippen LogP contribution in [0.15, 0.2) is 48.5 Å². The molecule has 1 aliphatic carbocycles. The molecule has 154 valence electrons. The quantitative estimate of drug-likeness (QED) is 0.755. The Morgan fingerprint density at radius 3 is 2.45 bits per heavy atom. The second-order valence-electron chi connectivity index (χ2n) is 7.97. The number of hydrogen-bond donors (Lipinski definition) is 1. The van der Waals surface area contributed by atoms with Gasteiger partial charge in [0.05, 0.1) is 44.0 Å². The molecule has 0 radical (unpaired) electrons. The SMILES string of the molecule is COc1ccc(CN(C(=O)C[NH+]2CCN(c3ccccc3Cl)CC2)C2CC2)cc1. The van der Waals surface area contributed by atoms with Crippen molar-refractivity contribution in [3.8, 4) is 5.75 Å². The molecular weight excluding hydrogens is 386 g/mol. The Balaban J connectivity index is 1.32. The van der Waals surface area contributed by atoms with Crippen LogP contribution in [0.2, 0.25) is 5.02 Å². The number of para-hydroxylation sites is 1. The zero-order valence-electron chi connectivity index (χ0n) is 16.9. The lowest BCUT2D eigenvalue weighted by atomic mass is 10.2. The van der Waals surface area contributed by atoms with Gasteiger partial charge in [0, 0.05) is 12.6 Å². The number of nitrogens with zero attached hydrogens (tertiary/aromatic N) is 2. The molecule has 2 aromatic carbocycles. The number of halogens is 1. The highest BCUT2D eigenvalue weighted by atomic mass is 35.5. The maximum atomic E-state index is 13.1. The summed E-state index contributed by atoms with van der Waals surface area (Å²) in [6, 6.07) is 16.4. The summed E-state index contributed by atoms with van der Waals surface area (Å²) >= 11 is 6.34. The average molecular weight is 415 g/mol. The summed E-state index contributed by atoms with van der Waals surface area (Å²) in [5.41, 5.74) is 2.25. The normalized spacial score (nSPS) is 17.2. The monoisotopic (exact) mass is 414 g/mol. The Morgan fingerprint density at radius 2 is 1.83 bits per heavy atom. The number of benzene rings is 2. The van der Waals surface area contributed by atoms with Crippen molar-refractivity contribution in [3.63, 3.8) is 0 Å². The highest BCUT2D eigenvalue weighted by molar-refractivity contribution is 6.33. The molecule has 4 rings (SSSR count). The van der Waals surface area contributed by atoms with Crippen LogP contribution in [0.4, 0.5) is 5.69 Å². The number of amides is 1. The van der Waals surface area contributed by atoms with Crippen molar-refractivity contribution < 1.29 is 14.4 Å². The summed E-state index contributed by atoms with van der Waals surface area (Å²) in [6.07, 6.45) is 2.25. The van der Waals surface area contributed by atoms with Crippen LogP contribution in [0.3, 0.4) is 0 Å². The molecule has 1 N–H and O–H groups in total. The number of methoxy groups -OCH3 is 1. The van der Waals surface area contributed by atoms with Gasteiger partial charge in [0.25, 0.3) is 5.91 Å². The Kier molecular flexibility index (Phi) is 6.26. The van der Waals surface area contributed by atoms with E-state index in [2.05, 4.69) is 28.0 Å². The van der Waals surface area contributed by atoms with Gasteiger partial charge in [-0.15, -0.1) is 0 Å². The Hall–Kier alpha value is -2.24.